The van der Waals surface area contributed by atoms with E-state index in [1.165, 1.54) is 18.2 Å². The first-order valence-electron chi connectivity index (χ1n) is 11.7. The summed E-state index contributed by atoms with van der Waals surface area (Å²) in [6.45, 7) is 1.84. The van der Waals surface area contributed by atoms with Crippen molar-refractivity contribution in [3.63, 3.8) is 0 Å². The highest BCUT2D eigenvalue weighted by molar-refractivity contribution is 7.89. The Morgan fingerprint density at radius 3 is 2.37 bits per heavy atom. The van der Waals surface area contributed by atoms with Crippen LogP contribution >= 0.6 is 0 Å². The van der Waals surface area contributed by atoms with Crippen LogP contribution in [-0.4, -0.2) is 25.5 Å². The van der Waals surface area contributed by atoms with Gasteiger partial charge in [-0.3, -0.25) is 4.79 Å². The maximum absolute atomic E-state index is 13.3. The molecule has 0 aliphatic rings. The second-order valence-electron chi connectivity index (χ2n) is 8.84. The van der Waals surface area contributed by atoms with E-state index in [9.17, 15) is 23.1 Å². The number of carbonyl (C=O) groups is 1. The number of ether oxygens (including phenoxy) is 1. The number of hydrogen-bond acceptors (Lipinski definition) is 7. The van der Waals surface area contributed by atoms with Crippen LogP contribution in [-0.2, 0) is 21.2 Å². The van der Waals surface area contributed by atoms with Gasteiger partial charge in [0, 0.05) is 12.1 Å². The molecule has 2 N–H and O–H groups in total. The Hall–Kier alpha value is -4.47. The number of para-hydroxylation sites is 1. The maximum Gasteiger partial charge on any atom is 0.329 e. The van der Waals surface area contributed by atoms with E-state index < -0.39 is 33.2 Å². The molecule has 1 heterocycles. The first kappa shape index (κ1) is 25.2. The Kier molecular flexibility index (Phi) is 6.71. The molecule has 0 saturated carbocycles. The van der Waals surface area contributed by atoms with Crippen LogP contribution in [0.3, 0.4) is 0 Å². The van der Waals surface area contributed by atoms with Crippen LogP contribution in [0, 0.1) is 6.92 Å². The van der Waals surface area contributed by atoms with Crippen molar-refractivity contribution in [1.82, 2.24) is 4.72 Å². The third kappa shape index (κ3) is 5.15. The molecule has 192 valence electrons. The van der Waals surface area contributed by atoms with Crippen LogP contribution < -0.4 is 14.9 Å². The highest BCUT2D eigenvalue weighted by Gasteiger charge is 2.28. The third-order valence-electron chi connectivity index (χ3n) is 6.05. The molecule has 0 fully saturated rings. The van der Waals surface area contributed by atoms with Gasteiger partial charge in [0.25, 0.3) is 0 Å². The largest absolute Gasteiger partial charge is 0.507 e. The van der Waals surface area contributed by atoms with Crippen LogP contribution in [0.2, 0.25) is 0 Å². The van der Waals surface area contributed by atoms with Crippen molar-refractivity contribution in [3.05, 3.63) is 112 Å². The van der Waals surface area contributed by atoms with Gasteiger partial charge in [-0.2, -0.15) is 4.72 Å². The molecule has 0 aliphatic carbocycles. The van der Waals surface area contributed by atoms with Gasteiger partial charge in [-0.05, 0) is 43.2 Å². The molecular formula is C29H23NO7S. The van der Waals surface area contributed by atoms with Crippen LogP contribution in [0.25, 0.3) is 21.9 Å². The highest BCUT2D eigenvalue weighted by atomic mass is 32.2. The number of rotatable bonds is 7. The summed E-state index contributed by atoms with van der Waals surface area (Å²) in [5, 5.41) is 10.8. The van der Waals surface area contributed by atoms with Gasteiger partial charge in [0.1, 0.15) is 34.1 Å². The number of carbonyl (C=O) groups excluding carboxylic acids is 1. The Bertz CT molecular complexity index is 1810. The second kappa shape index (κ2) is 10.1. The van der Waals surface area contributed by atoms with Crippen LogP contribution in [0.15, 0.2) is 105 Å². The van der Waals surface area contributed by atoms with E-state index in [1.807, 2.05) is 13.0 Å². The standard InChI is InChI=1S/C29H23NO7S/c1-18-11-13-21(14-12-18)38(34,35)30-23(15-19-7-3-2-4-8-19)29(33)36-20-16-24(31)27-26(17-20)37-25-10-6-5-9-22(25)28(27)32/h2-14,16-17,23,30-31H,15H2,1H3/t23-/m0/s1. The predicted molar refractivity (Wildman–Crippen MR) is 143 cm³/mol. The lowest BCUT2D eigenvalue weighted by molar-refractivity contribution is -0.136. The number of nitrogens with one attached hydrogen (secondary N) is 1. The zero-order chi connectivity index (χ0) is 26.9. The molecule has 38 heavy (non-hydrogen) atoms. The number of fused-ring (bicyclic) bond motifs is 2. The van der Waals surface area contributed by atoms with Gasteiger partial charge >= 0.3 is 5.97 Å². The zero-order valence-corrected chi connectivity index (χ0v) is 21.1. The quantitative estimate of drug-likeness (QED) is 0.181. The summed E-state index contributed by atoms with van der Waals surface area (Å²) in [7, 11) is -4.07. The van der Waals surface area contributed by atoms with Gasteiger partial charge in [-0.15, -0.1) is 0 Å². The van der Waals surface area contributed by atoms with E-state index in [1.54, 1.807) is 60.7 Å². The molecule has 0 aliphatic heterocycles. The van der Waals surface area contributed by atoms with Crippen molar-refractivity contribution in [2.75, 3.05) is 0 Å². The maximum atomic E-state index is 13.3. The predicted octanol–water partition coefficient (Wildman–Crippen LogP) is 4.46. The third-order valence-corrected chi connectivity index (χ3v) is 7.54. The number of esters is 1. The van der Waals surface area contributed by atoms with Crippen LogP contribution in [0.5, 0.6) is 11.5 Å². The molecule has 0 spiro atoms. The molecule has 5 rings (SSSR count). The van der Waals surface area contributed by atoms with Gasteiger partial charge in [0.05, 0.1) is 10.3 Å². The fraction of sp³-hybridized carbons (Fsp3) is 0.103. The zero-order valence-electron chi connectivity index (χ0n) is 20.2. The molecule has 4 aromatic carbocycles. The smallest absolute Gasteiger partial charge is 0.329 e. The number of aryl methyl sites for hydroxylation is 1. The van der Waals surface area contributed by atoms with E-state index in [4.69, 9.17) is 9.15 Å². The minimum absolute atomic E-state index is 0.00552. The number of sulfonamides is 1. The van der Waals surface area contributed by atoms with Gasteiger partial charge in [-0.1, -0.05) is 60.2 Å². The topological polar surface area (TPSA) is 123 Å². The minimum Gasteiger partial charge on any atom is -0.507 e. The van der Waals surface area contributed by atoms with Crippen molar-refractivity contribution in [2.45, 2.75) is 24.3 Å². The van der Waals surface area contributed by atoms with Crippen molar-refractivity contribution >= 4 is 37.9 Å². The Balaban J connectivity index is 1.49. The van der Waals surface area contributed by atoms with Crippen LogP contribution in [0.4, 0.5) is 0 Å². The molecule has 0 unspecified atom stereocenters. The molecule has 0 saturated heterocycles. The van der Waals surface area contributed by atoms with Crippen LogP contribution in [0.1, 0.15) is 11.1 Å². The van der Waals surface area contributed by atoms with Gasteiger partial charge < -0.3 is 14.3 Å². The first-order valence-corrected chi connectivity index (χ1v) is 13.2. The normalized spacial score (nSPS) is 12.4. The van der Waals surface area contributed by atoms with Crippen molar-refractivity contribution in [1.29, 1.82) is 0 Å². The number of benzene rings is 4. The summed E-state index contributed by atoms with van der Waals surface area (Å²) in [4.78, 5) is 26.2. The van der Waals surface area contributed by atoms with Gasteiger partial charge in [-0.25, -0.2) is 13.2 Å². The first-order chi connectivity index (χ1) is 18.2. The highest BCUT2D eigenvalue weighted by Crippen LogP contribution is 2.31. The summed E-state index contributed by atoms with van der Waals surface area (Å²) in [5.41, 5.74) is 1.50. The molecule has 0 radical (unpaired) electrons. The van der Waals surface area contributed by atoms with Gasteiger partial charge in [0.2, 0.25) is 15.5 Å². The molecular weight excluding hydrogens is 506 g/mol. The van der Waals surface area contributed by atoms with E-state index in [2.05, 4.69) is 4.72 Å². The summed E-state index contributed by atoms with van der Waals surface area (Å²) < 4.78 is 39.9. The van der Waals surface area contributed by atoms with E-state index in [-0.39, 0.29) is 28.0 Å². The second-order valence-corrected chi connectivity index (χ2v) is 10.6. The van der Waals surface area contributed by atoms with E-state index >= 15 is 0 Å². The summed E-state index contributed by atoms with van der Waals surface area (Å²) >= 11 is 0. The number of phenols is 1. The molecule has 5 aromatic rings. The Morgan fingerprint density at radius 2 is 1.63 bits per heavy atom. The molecule has 1 aromatic heterocycles. The molecule has 0 amide bonds. The fourth-order valence-electron chi connectivity index (χ4n) is 4.12. The molecule has 8 nitrogen and oxygen atoms in total. The minimum atomic E-state index is -4.07. The fourth-order valence-corrected chi connectivity index (χ4v) is 5.31. The average molecular weight is 530 g/mol. The van der Waals surface area contributed by atoms with Crippen molar-refractivity contribution in [2.24, 2.45) is 0 Å². The summed E-state index contributed by atoms with van der Waals surface area (Å²) in [6, 6.07) is 22.9. The monoisotopic (exact) mass is 529 g/mol. The SMILES string of the molecule is Cc1ccc(S(=O)(=O)N[C@@H](Cc2ccccc2)C(=O)Oc2cc(O)c3c(=O)c4ccccc4oc3c2)cc1. The van der Waals surface area contributed by atoms with E-state index in [0.29, 0.717) is 16.5 Å². The lowest BCUT2D eigenvalue weighted by atomic mass is 10.1. The lowest BCUT2D eigenvalue weighted by Crippen LogP contribution is -2.44. The molecule has 9 heteroatoms. The number of hydrogen-bond donors (Lipinski definition) is 2. The lowest BCUT2D eigenvalue weighted by Gasteiger charge is -2.18. The number of aromatic hydroxyl groups is 1. The number of phenolic OH excluding ortho intramolecular Hbond substituents is 1. The molecule has 0 bridgehead atoms. The van der Waals surface area contributed by atoms with Crippen molar-refractivity contribution in [3.8, 4) is 11.5 Å². The Labute approximate surface area is 218 Å². The molecule has 1 atom stereocenters. The van der Waals surface area contributed by atoms with Crippen molar-refractivity contribution < 1.29 is 27.5 Å². The summed E-state index contributed by atoms with van der Waals surface area (Å²) in [6.07, 6.45) is 0.0179. The van der Waals surface area contributed by atoms with Gasteiger partial charge in [0.15, 0.2) is 0 Å². The Morgan fingerprint density at radius 1 is 0.947 bits per heavy atom. The average Bonchev–Trinajstić information content (AvgIpc) is 2.89. The van der Waals surface area contributed by atoms with E-state index in [0.717, 1.165) is 11.6 Å². The summed E-state index contributed by atoms with van der Waals surface area (Å²) in [5.74, 6) is -1.43.